The van der Waals surface area contributed by atoms with Gasteiger partial charge in [-0.25, -0.2) is 4.98 Å². The van der Waals surface area contributed by atoms with E-state index in [1.807, 2.05) is 24.3 Å². The van der Waals surface area contributed by atoms with Gasteiger partial charge in [-0.05, 0) is 12.1 Å². The molecule has 8 heteroatoms. The molecule has 0 aliphatic rings. The largest absolute Gasteiger partial charge is 0.496 e. The SMILES string of the molecule is COc1ccccc1CNC(=O)CCNc1ccc([N+](=O)[O-])cn1. The van der Waals surface area contributed by atoms with Gasteiger partial charge in [0.2, 0.25) is 5.91 Å². The number of nitrogens with one attached hydrogen (secondary N) is 2. The van der Waals surface area contributed by atoms with Crippen LogP contribution >= 0.6 is 0 Å². The number of amides is 1. The number of aromatic nitrogens is 1. The highest BCUT2D eigenvalue weighted by Gasteiger charge is 2.07. The molecule has 0 radical (unpaired) electrons. The van der Waals surface area contributed by atoms with Crippen LogP contribution in [-0.4, -0.2) is 29.5 Å². The zero-order valence-corrected chi connectivity index (χ0v) is 13.2. The standard InChI is InChI=1S/C16H18N4O4/c1-24-14-5-3-2-4-12(14)10-19-16(21)8-9-17-15-7-6-13(11-18-15)20(22)23/h2-7,11H,8-10H2,1H3,(H,17,18)(H,19,21). The predicted octanol–water partition coefficient (Wildman–Crippen LogP) is 2.12. The van der Waals surface area contributed by atoms with Gasteiger partial charge in [0.1, 0.15) is 17.8 Å². The molecule has 2 rings (SSSR count). The van der Waals surface area contributed by atoms with Gasteiger partial charge < -0.3 is 15.4 Å². The lowest BCUT2D eigenvalue weighted by atomic mass is 10.2. The molecule has 24 heavy (non-hydrogen) atoms. The zero-order chi connectivity index (χ0) is 17.4. The smallest absolute Gasteiger partial charge is 0.287 e. The van der Waals surface area contributed by atoms with Crippen molar-refractivity contribution in [2.75, 3.05) is 19.0 Å². The van der Waals surface area contributed by atoms with Crippen molar-refractivity contribution in [3.05, 3.63) is 58.3 Å². The van der Waals surface area contributed by atoms with Crippen molar-refractivity contribution in [1.82, 2.24) is 10.3 Å². The van der Waals surface area contributed by atoms with Gasteiger partial charge in [0.25, 0.3) is 5.69 Å². The highest BCUT2D eigenvalue weighted by molar-refractivity contribution is 5.76. The van der Waals surface area contributed by atoms with Gasteiger partial charge in [0, 0.05) is 31.1 Å². The Balaban J connectivity index is 1.74. The van der Waals surface area contributed by atoms with Crippen LogP contribution < -0.4 is 15.4 Å². The molecule has 0 aliphatic carbocycles. The lowest BCUT2D eigenvalue weighted by molar-refractivity contribution is -0.385. The molecular weight excluding hydrogens is 312 g/mol. The Hall–Kier alpha value is -3.16. The maximum absolute atomic E-state index is 11.8. The van der Waals surface area contributed by atoms with Crippen LogP contribution in [0, 0.1) is 10.1 Å². The zero-order valence-electron chi connectivity index (χ0n) is 13.2. The minimum atomic E-state index is -0.512. The maximum atomic E-state index is 11.8. The Bertz CT molecular complexity index is 703. The molecule has 1 heterocycles. The first kappa shape index (κ1) is 17.2. The summed E-state index contributed by atoms with van der Waals surface area (Å²) in [5, 5.41) is 16.3. The molecule has 126 valence electrons. The first-order chi connectivity index (χ1) is 11.6. The third-order valence-electron chi connectivity index (χ3n) is 3.29. The van der Waals surface area contributed by atoms with Gasteiger partial charge >= 0.3 is 0 Å². The predicted molar refractivity (Wildman–Crippen MR) is 88.8 cm³/mol. The van der Waals surface area contributed by atoms with Crippen LogP contribution in [0.15, 0.2) is 42.6 Å². The Morgan fingerprint density at radius 2 is 2.08 bits per heavy atom. The van der Waals surface area contributed by atoms with E-state index >= 15 is 0 Å². The summed E-state index contributed by atoms with van der Waals surface area (Å²) < 4.78 is 5.22. The first-order valence-corrected chi connectivity index (χ1v) is 7.33. The second-order valence-corrected chi connectivity index (χ2v) is 4.92. The first-order valence-electron chi connectivity index (χ1n) is 7.33. The Labute approximate surface area is 139 Å². The van der Waals surface area contributed by atoms with E-state index in [9.17, 15) is 14.9 Å². The lowest BCUT2D eigenvalue weighted by Crippen LogP contribution is -2.25. The number of para-hydroxylation sites is 1. The van der Waals surface area contributed by atoms with Crippen molar-refractivity contribution in [3.63, 3.8) is 0 Å². The van der Waals surface area contributed by atoms with Gasteiger partial charge in [-0.1, -0.05) is 18.2 Å². The molecule has 0 spiro atoms. The number of nitrogens with zero attached hydrogens (tertiary/aromatic N) is 2. The molecule has 0 aliphatic heterocycles. The van der Waals surface area contributed by atoms with Crippen LogP contribution in [0.25, 0.3) is 0 Å². The summed E-state index contributed by atoms with van der Waals surface area (Å²) in [6.07, 6.45) is 1.43. The number of nitro groups is 1. The molecular formula is C16H18N4O4. The minimum Gasteiger partial charge on any atom is -0.496 e. The van der Waals surface area contributed by atoms with Gasteiger partial charge in [-0.15, -0.1) is 0 Å². The number of rotatable bonds is 8. The average molecular weight is 330 g/mol. The molecule has 2 aromatic rings. The van der Waals surface area contributed by atoms with Gasteiger partial charge in [-0.3, -0.25) is 14.9 Å². The molecule has 8 nitrogen and oxygen atoms in total. The Kier molecular flexibility index (Phi) is 6.07. The fraction of sp³-hybridized carbons (Fsp3) is 0.250. The Morgan fingerprint density at radius 3 is 2.75 bits per heavy atom. The van der Waals surface area contributed by atoms with Gasteiger partial charge in [0.15, 0.2) is 0 Å². The van der Waals surface area contributed by atoms with Crippen LogP contribution in [0.2, 0.25) is 0 Å². The molecule has 0 saturated heterocycles. The lowest BCUT2D eigenvalue weighted by Gasteiger charge is -2.10. The number of hydrogen-bond acceptors (Lipinski definition) is 6. The highest BCUT2D eigenvalue weighted by Crippen LogP contribution is 2.16. The molecule has 0 saturated carbocycles. The topological polar surface area (TPSA) is 106 Å². The fourth-order valence-electron chi connectivity index (χ4n) is 2.03. The third kappa shape index (κ3) is 4.94. The van der Waals surface area contributed by atoms with Crippen LogP contribution in [-0.2, 0) is 11.3 Å². The molecule has 0 unspecified atom stereocenters. The van der Waals surface area contributed by atoms with E-state index in [-0.39, 0.29) is 18.0 Å². The van der Waals surface area contributed by atoms with E-state index in [0.717, 1.165) is 11.3 Å². The van der Waals surface area contributed by atoms with E-state index in [4.69, 9.17) is 4.74 Å². The normalized spacial score (nSPS) is 10.0. The number of ether oxygens (including phenoxy) is 1. The molecule has 0 fully saturated rings. The van der Waals surface area contributed by atoms with Crippen molar-refractivity contribution >= 4 is 17.4 Å². The average Bonchev–Trinajstić information content (AvgIpc) is 2.60. The van der Waals surface area contributed by atoms with E-state index in [1.165, 1.54) is 18.3 Å². The molecule has 0 atom stereocenters. The molecule has 2 N–H and O–H groups in total. The highest BCUT2D eigenvalue weighted by atomic mass is 16.6. The number of hydrogen-bond donors (Lipinski definition) is 2. The summed E-state index contributed by atoms with van der Waals surface area (Å²) in [6.45, 7) is 0.765. The fourth-order valence-corrected chi connectivity index (χ4v) is 2.03. The number of carbonyl (C=O) groups is 1. The number of benzene rings is 1. The second kappa shape index (κ2) is 8.47. The second-order valence-electron chi connectivity index (χ2n) is 4.92. The van der Waals surface area contributed by atoms with Crippen LogP contribution in [0.5, 0.6) is 5.75 Å². The van der Waals surface area contributed by atoms with Crippen LogP contribution in [0.4, 0.5) is 11.5 Å². The van der Waals surface area contributed by atoms with Crippen LogP contribution in [0.3, 0.4) is 0 Å². The van der Waals surface area contributed by atoms with E-state index < -0.39 is 4.92 Å². The minimum absolute atomic E-state index is 0.0740. The van der Waals surface area contributed by atoms with Crippen molar-refractivity contribution in [2.24, 2.45) is 0 Å². The molecule has 0 bridgehead atoms. The quantitative estimate of drug-likeness (QED) is 0.567. The summed E-state index contributed by atoms with van der Waals surface area (Å²) in [5.41, 5.74) is 0.827. The van der Waals surface area contributed by atoms with Crippen molar-refractivity contribution < 1.29 is 14.5 Å². The van der Waals surface area contributed by atoms with Crippen molar-refractivity contribution in [3.8, 4) is 5.75 Å². The van der Waals surface area contributed by atoms with E-state index in [0.29, 0.717) is 18.9 Å². The van der Waals surface area contributed by atoms with Crippen molar-refractivity contribution in [1.29, 1.82) is 0 Å². The third-order valence-corrected chi connectivity index (χ3v) is 3.29. The van der Waals surface area contributed by atoms with Gasteiger partial charge in [0.05, 0.1) is 12.0 Å². The number of anilines is 1. The maximum Gasteiger partial charge on any atom is 0.287 e. The Morgan fingerprint density at radius 1 is 1.29 bits per heavy atom. The van der Waals surface area contributed by atoms with Gasteiger partial charge in [-0.2, -0.15) is 0 Å². The molecule has 1 aromatic heterocycles. The summed E-state index contributed by atoms with van der Waals surface area (Å²) in [6, 6.07) is 10.3. The van der Waals surface area contributed by atoms with Crippen LogP contribution in [0.1, 0.15) is 12.0 Å². The summed E-state index contributed by atoms with van der Waals surface area (Å²) in [7, 11) is 1.59. The summed E-state index contributed by atoms with van der Waals surface area (Å²) in [4.78, 5) is 25.8. The molecule has 1 amide bonds. The van der Waals surface area contributed by atoms with Crippen molar-refractivity contribution in [2.45, 2.75) is 13.0 Å². The number of methoxy groups -OCH3 is 1. The van der Waals surface area contributed by atoms with E-state index in [2.05, 4.69) is 15.6 Å². The monoisotopic (exact) mass is 330 g/mol. The number of carbonyl (C=O) groups excluding carboxylic acids is 1. The molecule has 1 aromatic carbocycles. The number of pyridine rings is 1. The van der Waals surface area contributed by atoms with E-state index in [1.54, 1.807) is 7.11 Å². The summed E-state index contributed by atoms with van der Waals surface area (Å²) >= 11 is 0. The summed E-state index contributed by atoms with van der Waals surface area (Å²) in [5.74, 6) is 1.10.